The summed E-state index contributed by atoms with van der Waals surface area (Å²) in [5.74, 6) is -5.79. The van der Waals surface area contributed by atoms with Crippen LogP contribution in [0.2, 0.25) is 0 Å². The van der Waals surface area contributed by atoms with Gasteiger partial charge in [0.25, 0.3) is 0 Å². The summed E-state index contributed by atoms with van der Waals surface area (Å²) >= 11 is 0. The second-order valence-corrected chi connectivity index (χ2v) is 3.44. The van der Waals surface area contributed by atoms with Crippen molar-refractivity contribution in [1.82, 2.24) is 4.90 Å². The molecule has 88 valence electrons. The normalized spacial score (nSPS) is 28.7. The highest BCUT2D eigenvalue weighted by molar-refractivity contribution is 5.80. The zero-order valence-electron chi connectivity index (χ0n) is 7.68. The van der Waals surface area contributed by atoms with E-state index in [1.54, 1.807) is 0 Å². The van der Waals surface area contributed by atoms with Gasteiger partial charge in [0.05, 0.1) is 0 Å². The Morgan fingerprint density at radius 2 is 1.80 bits per heavy atom. The molecule has 0 aromatic rings. The molecule has 0 aromatic carbocycles. The number of likely N-dealkylation sites (N-methyl/N-ethyl adjacent to an activating group) is 1. The molecule has 1 amide bonds. The van der Waals surface area contributed by atoms with Crippen LogP contribution in [0.3, 0.4) is 0 Å². The zero-order valence-corrected chi connectivity index (χ0v) is 7.68. The lowest BCUT2D eigenvalue weighted by Gasteiger charge is -2.32. The van der Waals surface area contributed by atoms with Gasteiger partial charge in [-0.25, -0.2) is 0 Å². The van der Waals surface area contributed by atoms with Gasteiger partial charge in [-0.1, -0.05) is 0 Å². The van der Waals surface area contributed by atoms with Gasteiger partial charge < -0.3 is 10.6 Å². The van der Waals surface area contributed by atoms with Crippen molar-refractivity contribution >= 4 is 5.91 Å². The van der Waals surface area contributed by atoms with Crippen molar-refractivity contribution in [2.45, 2.75) is 30.6 Å². The Hall–Kier alpha value is -0.920. The van der Waals surface area contributed by atoms with Gasteiger partial charge in [-0.05, 0) is 0 Å². The Labute approximate surface area is 82.0 Å². The third kappa shape index (κ3) is 1.77. The van der Waals surface area contributed by atoms with E-state index in [4.69, 9.17) is 5.73 Å². The van der Waals surface area contributed by atoms with E-state index in [0.717, 1.165) is 7.05 Å². The molecule has 1 aliphatic rings. The summed E-state index contributed by atoms with van der Waals surface area (Å²) in [6.07, 6.45) is -6.19. The Kier molecular flexibility index (Phi) is 2.67. The van der Waals surface area contributed by atoms with Crippen molar-refractivity contribution < 1.29 is 26.7 Å². The second kappa shape index (κ2) is 3.29. The minimum Gasteiger partial charge on any atom is -0.335 e. The lowest BCUT2D eigenvalue weighted by atomic mass is 10.0. The number of nitrogens with zero attached hydrogens (tertiary/aromatic N) is 1. The topological polar surface area (TPSA) is 46.3 Å². The third-order valence-electron chi connectivity index (χ3n) is 2.38. The van der Waals surface area contributed by atoms with Crippen molar-refractivity contribution in [3.63, 3.8) is 0 Å². The van der Waals surface area contributed by atoms with Gasteiger partial charge in [0, 0.05) is 19.5 Å². The van der Waals surface area contributed by atoms with Gasteiger partial charge in [0.1, 0.15) is 6.04 Å². The molecule has 0 spiro atoms. The molecule has 1 saturated heterocycles. The minimum absolute atomic E-state index is 0.359. The summed E-state index contributed by atoms with van der Waals surface area (Å²) in [6, 6.07) is -3.82. The van der Waals surface area contributed by atoms with Crippen LogP contribution in [0.5, 0.6) is 0 Å². The number of carbonyl (C=O) groups excluding carboxylic acids is 1. The fraction of sp³-hybridized carbons (Fsp3) is 0.857. The maximum Gasteiger partial charge on any atom is 0.455 e. The van der Waals surface area contributed by atoms with Crippen LogP contribution >= 0.6 is 0 Å². The van der Waals surface area contributed by atoms with Gasteiger partial charge in [-0.15, -0.1) is 0 Å². The quantitative estimate of drug-likeness (QED) is 0.678. The molecule has 2 atom stereocenters. The third-order valence-corrected chi connectivity index (χ3v) is 2.38. The van der Waals surface area contributed by atoms with Gasteiger partial charge >= 0.3 is 12.1 Å². The summed E-state index contributed by atoms with van der Waals surface area (Å²) in [5.41, 5.74) is 5.10. The monoisotopic (exact) mass is 232 g/mol. The van der Waals surface area contributed by atoms with Crippen LogP contribution in [0.1, 0.15) is 6.42 Å². The predicted molar refractivity (Wildman–Crippen MR) is 40.2 cm³/mol. The van der Waals surface area contributed by atoms with Crippen molar-refractivity contribution in [2.24, 2.45) is 5.73 Å². The first kappa shape index (κ1) is 12.2. The first-order chi connectivity index (χ1) is 6.59. The Morgan fingerprint density at radius 1 is 1.33 bits per heavy atom. The maximum absolute atomic E-state index is 12.9. The molecule has 0 aromatic heterocycles. The highest BCUT2D eigenvalue weighted by Gasteiger charge is 2.67. The van der Waals surface area contributed by atoms with E-state index in [1.807, 2.05) is 0 Å². The van der Waals surface area contributed by atoms with Crippen molar-refractivity contribution in [3.8, 4) is 0 Å². The lowest BCUT2D eigenvalue weighted by molar-refractivity contribution is -0.300. The predicted octanol–water partition coefficient (Wildman–Crippen LogP) is 0.742. The molecule has 0 radical (unpaired) electrons. The smallest absolute Gasteiger partial charge is 0.335 e. The van der Waals surface area contributed by atoms with Crippen LogP contribution in [0.15, 0.2) is 0 Å². The molecule has 0 aliphatic carbocycles. The van der Waals surface area contributed by atoms with E-state index < -0.39 is 36.5 Å². The molecule has 1 rings (SSSR count). The van der Waals surface area contributed by atoms with Crippen molar-refractivity contribution in [2.75, 3.05) is 7.05 Å². The zero-order chi connectivity index (χ0) is 12.0. The van der Waals surface area contributed by atoms with Crippen LogP contribution < -0.4 is 5.73 Å². The van der Waals surface area contributed by atoms with Crippen molar-refractivity contribution in [3.05, 3.63) is 0 Å². The fourth-order valence-corrected chi connectivity index (χ4v) is 1.58. The fourth-order valence-electron chi connectivity index (χ4n) is 1.58. The SMILES string of the molecule is CN1C(=O)C[C@H](N)[C@H]1C(F)(F)C(F)(F)F. The molecule has 8 heteroatoms. The molecule has 1 aliphatic heterocycles. The van der Waals surface area contributed by atoms with E-state index in [1.165, 1.54) is 0 Å². The number of likely N-dealkylation sites (tertiary alicyclic amines) is 1. The van der Waals surface area contributed by atoms with Crippen LogP contribution in [-0.2, 0) is 4.79 Å². The van der Waals surface area contributed by atoms with Crippen LogP contribution in [0.4, 0.5) is 22.0 Å². The molecule has 0 saturated carbocycles. The van der Waals surface area contributed by atoms with Crippen LogP contribution in [0, 0.1) is 0 Å². The lowest BCUT2D eigenvalue weighted by Crippen LogP contribution is -2.58. The number of hydrogen-bond donors (Lipinski definition) is 1. The molecule has 2 N–H and O–H groups in total. The molecule has 3 nitrogen and oxygen atoms in total. The van der Waals surface area contributed by atoms with E-state index in [0.29, 0.717) is 4.90 Å². The highest BCUT2D eigenvalue weighted by Crippen LogP contribution is 2.42. The average molecular weight is 232 g/mol. The second-order valence-electron chi connectivity index (χ2n) is 3.44. The number of carbonyl (C=O) groups is 1. The van der Waals surface area contributed by atoms with Crippen LogP contribution in [-0.4, -0.2) is 42.0 Å². The molecule has 0 bridgehead atoms. The van der Waals surface area contributed by atoms with Gasteiger partial charge in [-0.3, -0.25) is 4.79 Å². The number of amides is 1. The van der Waals surface area contributed by atoms with E-state index in [-0.39, 0.29) is 0 Å². The summed E-state index contributed by atoms with van der Waals surface area (Å²) < 4.78 is 61.9. The van der Waals surface area contributed by atoms with Gasteiger partial charge in [0.2, 0.25) is 5.91 Å². The first-order valence-electron chi connectivity index (χ1n) is 4.05. The summed E-state index contributed by atoms with van der Waals surface area (Å²) in [6.45, 7) is 0. The minimum atomic E-state index is -5.70. The molecule has 1 fully saturated rings. The summed E-state index contributed by atoms with van der Waals surface area (Å²) in [4.78, 5) is 11.3. The number of halogens is 5. The molecule has 0 unspecified atom stereocenters. The first-order valence-corrected chi connectivity index (χ1v) is 4.05. The van der Waals surface area contributed by atoms with E-state index in [2.05, 4.69) is 0 Å². The highest BCUT2D eigenvalue weighted by atomic mass is 19.4. The molecule has 15 heavy (non-hydrogen) atoms. The number of rotatable bonds is 1. The number of nitrogens with two attached hydrogens (primary N) is 1. The average Bonchev–Trinajstić information content (AvgIpc) is 2.24. The largest absolute Gasteiger partial charge is 0.455 e. The molecular formula is C7H9F5N2O. The Bertz CT molecular complexity index is 277. The van der Waals surface area contributed by atoms with E-state index >= 15 is 0 Å². The Morgan fingerprint density at radius 3 is 2.07 bits per heavy atom. The van der Waals surface area contributed by atoms with Gasteiger partial charge in [-0.2, -0.15) is 22.0 Å². The standard InChI is InChI=1S/C7H9F5N2O/c1-14-4(15)2-3(13)5(14)6(8,9)7(10,11)12/h3,5H,2,13H2,1H3/t3-,5-/m0/s1. The summed E-state index contributed by atoms with van der Waals surface area (Å²) in [7, 11) is 0.888. The maximum atomic E-state index is 12.9. The van der Waals surface area contributed by atoms with E-state index in [9.17, 15) is 26.7 Å². The molecular weight excluding hydrogens is 223 g/mol. The molecule has 1 heterocycles. The Balaban J connectivity index is 3.02. The number of alkyl halides is 5. The number of hydrogen-bond acceptors (Lipinski definition) is 2. The van der Waals surface area contributed by atoms with Crippen molar-refractivity contribution in [1.29, 1.82) is 0 Å². The summed E-state index contributed by atoms with van der Waals surface area (Å²) in [5, 5.41) is 0. The van der Waals surface area contributed by atoms with Gasteiger partial charge in [0.15, 0.2) is 0 Å². The van der Waals surface area contributed by atoms with Crippen LogP contribution in [0.25, 0.3) is 0 Å².